The van der Waals surface area contributed by atoms with E-state index in [1.807, 2.05) is 24.3 Å². The van der Waals surface area contributed by atoms with E-state index in [9.17, 15) is 9.59 Å². The number of hydrogen-bond acceptors (Lipinski definition) is 4. The van der Waals surface area contributed by atoms with Crippen molar-refractivity contribution in [3.05, 3.63) is 24.3 Å². The van der Waals surface area contributed by atoms with E-state index in [0.29, 0.717) is 31.9 Å². The monoisotopic (exact) mass is 292 g/mol. The molecule has 2 rings (SSSR count). The predicted octanol–water partition coefficient (Wildman–Crippen LogP) is 1.75. The van der Waals surface area contributed by atoms with Crippen molar-refractivity contribution >= 4 is 11.9 Å². The molecule has 1 heterocycles. The van der Waals surface area contributed by atoms with Gasteiger partial charge in [-0.05, 0) is 30.7 Å². The summed E-state index contributed by atoms with van der Waals surface area (Å²) in [6.07, 6.45) is 1.21. The van der Waals surface area contributed by atoms with Gasteiger partial charge in [0.1, 0.15) is 18.1 Å². The van der Waals surface area contributed by atoms with Crippen molar-refractivity contribution in [2.45, 2.75) is 12.8 Å². The van der Waals surface area contributed by atoms with Gasteiger partial charge in [-0.1, -0.05) is 0 Å². The molecular weight excluding hydrogens is 272 g/mol. The maximum Gasteiger partial charge on any atom is 0.326 e. The number of carbonyl (C=O) groups excluding carboxylic acids is 2. The van der Waals surface area contributed by atoms with Crippen LogP contribution in [-0.2, 0) is 4.79 Å². The van der Waals surface area contributed by atoms with Crippen molar-refractivity contribution in [2.24, 2.45) is 0 Å². The number of carbonyl (C=O) groups is 2. The van der Waals surface area contributed by atoms with Gasteiger partial charge in [-0.2, -0.15) is 0 Å². The zero-order valence-electron chi connectivity index (χ0n) is 12.4. The second-order valence-corrected chi connectivity index (χ2v) is 4.88. The van der Waals surface area contributed by atoms with Gasteiger partial charge in [-0.25, -0.2) is 4.79 Å². The smallest absolute Gasteiger partial charge is 0.326 e. The molecule has 3 amide bonds. The number of nitrogens with zero attached hydrogens (tertiary/aromatic N) is 2. The maximum atomic E-state index is 12.0. The normalized spacial score (nSPS) is 14.2. The Hall–Kier alpha value is -2.24. The van der Waals surface area contributed by atoms with Gasteiger partial charge in [0, 0.05) is 20.0 Å². The van der Waals surface area contributed by atoms with Crippen LogP contribution in [0.25, 0.3) is 0 Å². The molecule has 114 valence electrons. The maximum absolute atomic E-state index is 12.0. The molecule has 0 radical (unpaired) electrons. The quantitative estimate of drug-likeness (QED) is 0.829. The van der Waals surface area contributed by atoms with Gasteiger partial charge in [0.05, 0.1) is 13.7 Å². The Labute approximate surface area is 124 Å². The summed E-state index contributed by atoms with van der Waals surface area (Å²) in [6.45, 7) is 1.31. The van der Waals surface area contributed by atoms with Crippen LogP contribution in [0.15, 0.2) is 24.3 Å². The molecule has 1 aliphatic heterocycles. The standard InChI is InChI=1S/C15H20N2O4/c1-16(15(19)17-9-3-4-14(17)18)10-11-21-13-7-5-12(20-2)6-8-13/h5-8H,3-4,9-11H2,1-2H3. The zero-order chi connectivity index (χ0) is 15.2. The number of likely N-dealkylation sites (N-methyl/N-ethyl adjacent to an activating group) is 1. The Morgan fingerprint density at radius 1 is 1.29 bits per heavy atom. The first-order valence-corrected chi connectivity index (χ1v) is 6.94. The number of likely N-dealkylation sites (tertiary alicyclic amines) is 1. The summed E-state index contributed by atoms with van der Waals surface area (Å²) in [5.41, 5.74) is 0. The van der Waals surface area contributed by atoms with Crippen LogP contribution in [0, 0.1) is 0 Å². The highest BCUT2D eigenvalue weighted by molar-refractivity contribution is 5.95. The third kappa shape index (κ3) is 3.87. The van der Waals surface area contributed by atoms with Gasteiger partial charge in [-0.15, -0.1) is 0 Å². The lowest BCUT2D eigenvalue weighted by molar-refractivity contribution is -0.125. The molecule has 6 heteroatoms. The van der Waals surface area contributed by atoms with Crippen LogP contribution in [0.2, 0.25) is 0 Å². The van der Waals surface area contributed by atoms with Crippen molar-refractivity contribution in [3.63, 3.8) is 0 Å². The fraction of sp³-hybridized carbons (Fsp3) is 0.467. The predicted molar refractivity (Wildman–Crippen MR) is 77.5 cm³/mol. The van der Waals surface area contributed by atoms with E-state index in [1.165, 1.54) is 9.80 Å². The van der Waals surface area contributed by atoms with Gasteiger partial charge >= 0.3 is 6.03 Å². The van der Waals surface area contributed by atoms with Crippen molar-refractivity contribution in [1.82, 2.24) is 9.80 Å². The molecule has 1 aliphatic rings. The Balaban J connectivity index is 1.76. The molecule has 1 saturated heterocycles. The van der Waals surface area contributed by atoms with Crippen LogP contribution in [0.4, 0.5) is 4.79 Å². The second-order valence-electron chi connectivity index (χ2n) is 4.88. The number of amides is 3. The van der Waals surface area contributed by atoms with E-state index in [0.717, 1.165) is 12.2 Å². The second kappa shape index (κ2) is 6.97. The highest BCUT2D eigenvalue weighted by atomic mass is 16.5. The first-order chi connectivity index (χ1) is 10.1. The number of hydrogen-bond donors (Lipinski definition) is 0. The summed E-state index contributed by atoms with van der Waals surface area (Å²) in [6, 6.07) is 6.99. The average Bonchev–Trinajstić information content (AvgIpc) is 2.93. The molecule has 0 saturated carbocycles. The molecule has 0 unspecified atom stereocenters. The lowest BCUT2D eigenvalue weighted by Gasteiger charge is -2.23. The Morgan fingerprint density at radius 3 is 2.52 bits per heavy atom. The van der Waals surface area contributed by atoms with Crippen LogP contribution >= 0.6 is 0 Å². The van der Waals surface area contributed by atoms with Gasteiger partial charge < -0.3 is 14.4 Å². The SMILES string of the molecule is COc1ccc(OCCN(C)C(=O)N2CCCC2=O)cc1. The number of imide groups is 1. The average molecular weight is 292 g/mol. The van der Waals surface area contributed by atoms with E-state index >= 15 is 0 Å². The lowest BCUT2D eigenvalue weighted by Crippen LogP contribution is -2.43. The summed E-state index contributed by atoms with van der Waals surface area (Å²) in [4.78, 5) is 26.4. The van der Waals surface area contributed by atoms with Gasteiger partial charge in [-0.3, -0.25) is 9.69 Å². The Bertz CT molecular complexity index is 501. The fourth-order valence-electron chi connectivity index (χ4n) is 2.12. The third-order valence-electron chi connectivity index (χ3n) is 3.39. The zero-order valence-corrected chi connectivity index (χ0v) is 12.4. The highest BCUT2D eigenvalue weighted by Crippen LogP contribution is 2.17. The fourth-order valence-corrected chi connectivity index (χ4v) is 2.12. The third-order valence-corrected chi connectivity index (χ3v) is 3.39. The number of methoxy groups -OCH3 is 1. The molecule has 6 nitrogen and oxygen atoms in total. The van der Waals surface area contributed by atoms with E-state index in [1.54, 1.807) is 14.2 Å². The first-order valence-electron chi connectivity index (χ1n) is 6.94. The molecular formula is C15H20N2O4. The van der Waals surface area contributed by atoms with E-state index in [4.69, 9.17) is 9.47 Å². The van der Waals surface area contributed by atoms with Gasteiger partial charge in [0.2, 0.25) is 5.91 Å². The van der Waals surface area contributed by atoms with Crippen LogP contribution in [0.3, 0.4) is 0 Å². The highest BCUT2D eigenvalue weighted by Gasteiger charge is 2.28. The molecule has 1 aromatic carbocycles. The van der Waals surface area contributed by atoms with Crippen molar-refractivity contribution in [3.8, 4) is 11.5 Å². The summed E-state index contributed by atoms with van der Waals surface area (Å²) in [5.74, 6) is 1.39. The molecule has 21 heavy (non-hydrogen) atoms. The van der Waals surface area contributed by atoms with Crippen molar-refractivity contribution in [2.75, 3.05) is 33.9 Å². The van der Waals surface area contributed by atoms with Gasteiger partial charge in [0.15, 0.2) is 0 Å². The minimum absolute atomic E-state index is 0.0945. The molecule has 1 aromatic rings. The molecule has 0 N–H and O–H groups in total. The minimum Gasteiger partial charge on any atom is -0.497 e. The number of urea groups is 1. The van der Waals surface area contributed by atoms with Crippen LogP contribution < -0.4 is 9.47 Å². The Kier molecular flexibility index (Phi) is 5.03. The minimum atomic E-state index is -0.254. The van der Waals surface area contributed by atoms with Crippen molar-refractivity contribution < 1.29 is 19.1 Å². The summed E-state index contributed by atoms with van der Waals surface area (Å²) >= 11 is 0. The van der Waals surface area contributed by atoms with E-state index in [2.05, 4.69) is 0 Å². The first kappa shape index (κ1) is 15.2. The number of rotatable bonds is 5. The topological polar surface area (TPSA) is 59.1 Å². The molecule has 0 spiro atoms. The summed E-state index contributed by atoms with van der Waals surface area (Å²) in [7, 11) is 3.28. The van der Waals surface area contributed by atoms with E-state index in [-0.39, 0.29) is 11.9 Å². The Morgan fingerprint density at radius 2 is 1.95 bits per heavy atom. The molecule has 0 bridgehead atoms. The number of benzene rings is 1. The van der Waals surface area contributed by atoms with Gasteiger partial charge in [0.25, 0.3) is 0 Å². The molecule has 0 aliphatic carbocycles. The lowest BCUT2D eigenvalue weighted by atomic mass is 10.3. The van der Waals surface area contributed by atoms with Crippen LogP contribution in [-0.4, -0.2) is 55.6 Å². The molecule has 0 aromatic heterocycles. The van der Waals surface area contributed by atoms with Crippen LogP contribution in [0.1, 0.15) is 12.8 Å². The number of ether oxygens (including phenoxy) is 2. The molecule has 1 fully saturated rings. The summed E-state index contributed by atoms with van der Waals surface area (Å²) < 4.78 is 10.6. The van der Waals surface area contributed by atoms with E-state index < -0.39 is 0 Å². The molecule has 0 atom stereocenters. The van der Waals surface area contributed by atoms with Crippen LogP contribution in [0.5, 0.6) is 11.5 Å². The largest absolute Gasteiger partial charge is 0.497 e. The summed E-state index contributed by atoms with van der Waals surface area (Å²) in [5, 5.41) is 0. The van der Waals surface area contributed by atoms with Crippen molar-refractivity contribution in [1.29, 1.82) is 0 Å².